The molecule has 7 heteroatoms. The largest absolute Gasteiger partial charge is 0.378 e. The fourth-order valence-corrected chi connectivity index (χ4v) is 1.99. The van der Waals surface area contributed by atoms with Crippen LogP contribution in [0.2, 0.25) is 0 Å². The van der Waals surface area contributed by atoms with Gasteiger partial charge in [-0.25, -0.2) is 9.89 Å². The molecule has 0 aliphatic carbocycles. The van der Waals surface area contributed by atoms with E-state index in [0.29, 0.717) is 37.5 Å². The number of carbonyl (C=O) groups is 1. The number of carbonyl (C=O) groups excluding carboxylic acids is 1. The Hall–Kier alpha value is -2.15. The first kappa shape index (κ1) is 11.0. The Labute approximate surface area is 102 Å². The molecule has 1 saturated heterocycles. The molecule has 0 aromatic carbocycles. The average molecular weight is 248 g/mol. The smallest absolute Gasteiger partial charge is 0.347 e. The number of nitrogens with zero attached hydrogens (tertiary/aromatic N) is 3. The van der Waals surface area contributed by atoms with Crippen molar-refractivity contribution in [1.82, 2.24) is 19.5 Å². The van der Waals surface area contributed by atoms with Crippen LogP contribution in [-0.4, -0.2) is 51.7 Å². The van der Waals surface area contributed by atoms with Gasteiger partial charge in [0.15, 0.2) is 5.65 Å². The third-order valence-corrected chi connectivity index (χ3v) is 2.96. The summed E-state index contributed by atoms with van der Waals surface area (Å²) in [5.41, 5.74) is 0.665. The number of hydrogen-bond acceptors (Lipinski definition) is 4. The van der Waals surface area contributed by atoms with E-state index in [2.05, 4.69) is 10.2 Å². The summed E-state index contributed by atoms with van der Waals surface area (Å²) in [6.45, 7) is 2.32. The molecule has 0 spiro atoms. The van der Waals surface area contributed by atoms with Crippen LogP contribution < -0.4 is 5.69 Å². The highest BCUT2D eigenvalue weighted by Crippen LogP contribution is 2.08. The van der Waals surface area contributed by atoms with Gasteiger partial charge in [-0.05, 0) is 12.1 Å². The Bertz CT molecular complexity index is 639. The van der Waals surface area contributed by atoms with Gasteiger partial charge >= 0.3 is 5.69 Å². The van der Waals surface area contributed by atoms with Crippen molar-refractivity contribution in [3.05, 3.63) is 34.4 Å². The van der Waals surface area contributed by atoms with E-state index in [1.165, 1.54) is 4.40 Å². The molecule has 0 radical (unpaired) electrons. The molecule has 18 heavy (non-hydrogen) atoms. The van der Waals surface area contributed by atoms with Crippen molar-refractivity contribution in [3.63, 3.8) is 0 Å². The first-order valence-electron chi connectivity index (χ1n) is 5.69. The summed E-state index contributed by atoms with van der Waals surface area (Å²) < 4.78 is 6.56. The number of morpholine rings is 1. The first-order valence-corrected chi connectivity index (χ1v) is 5.69. The second-order valence-corrected chi connectivity index (χ2v) is 4.08. The third-order valence-electron chi connectivity index (χ3n) is 2.96. The number of H-pyrrole nitrogens is 1. The summed E-state index contributed by atoms with van der Waals surface area (Å²) in [4.78, 5) is 25.2. The van der Waals surface area contributed by atoms with Crippen molar-refractivity contribution in [2.24, 2.45) is 0 Å². The highest BCUT2D eigenvalue weighted by molar-refractivity contribution is 5.95. The van der Waals surface area contributed by atoms with Crippen molar-refractivity contribution in [1.29, 1.82) is 0 Å². The molecular weight excluding hydrogens is 236 g/mol. The minimum absolute atomic E-state index is 0.0590. The minimum Gasteiger partial charge on any atom is -0.378 e. The van der Waals surface area contributed by atoms with E-state index in [4.69, 9.17) is 4.74 Å². The van der Waals surface area contributed by atoms with E-state index >= 15 is 0 Å². The van der Waals surface area contributed by atoms with Crippen LogP contribution in [0.3, 0.4) is 0 Å². The van der Waals surface area contributed by atoms with E-state index in [0.717, 1.165) is 0 Å². The zero-order chi connectivity index (χ0) is 12.5. The molecule has 0 unspecified atom stereocenters. The molecule has 3 rings (SSSR count). The second kappa shape index (κ2) is 4.26. The summed E-state index contributed by atoms with van der Waals surface area (Å²) in [6, 6.07) is 3.23. The number of pyridine rings is 1. The maximum atomic E-state index is 12.2. The van der Waals surface area contributed by atoms with Crippen molar-refractivity contribution in [2.75, 3.05) is 26.3 Å². The predicted molar refractivity (Wildman–Crippen MR) is 62.5 cm³/mol. The summed E-state index contributed by atoms with van der Waals surface area (Å²) in [7, 11) is 0. The standard InChI is InChI=1S/C11H12N4O3/c16-10(14-3-5-18-6-4-14)8-1-2-15-9(7-8)12-13-11(15)17/h1-2,7H,3-6H2,(H,13,17). The predicted octanol–water partition coefficient (Wildman–Crippen LogP) is -0.505. The van der Waals surface area contributed by atoms with Crippen LogP contribution in [0.1, 0.15) is 10.4 Å². The van der Waals surface area contributed by atoms with E-state index in [1.807, 2.05) is 0 Å². The van der Waals surface area contributed by atoms with E-state index in [9.17, 15) is 9.59 Å². The highest BCUT2D eigenvalue weighted by atomic mass is 16.5. The number of aromatic amines is 1. The Kier molecular flexibility index (Phi) is 2.60. The lowest BCUT2D eigenvalue weighted by molar-refractivity contribution is 0.0303. The van der Waals surface area contributed by atoms with Gasteiger partial charge in [-0.15, -0.1) is 0 Å². The van der Waals surface area contributed by atoms with Crippen LogP contribution in [0, 0.1) is 0 Å². The molecule has 2 aromatic rings. The molecular formula is C11H12N4O3. The maximum absolute atomic E-state index is 12.2. The van der Waals surface area contributed by atoms with Gasteiger partial charge in [0.1, 0.15) is 0 Å². The van der Waals surface area contributed by atoms with Crippen LogP contribution in [-0.2, 0) is 4.74 Å². The topological polar surface area (TPSA) is 79.7 Å². The summed E-state index contributed by atoms with van der Waals surface area (Å²) in [6.07, 6.45) is 1.55. The monoisotopic (exact) mass is 248 g/mol. The van der Waals surface area contributed by atoms with Crippen molar-refractivity contribution in [3.8, 4) is 0 Å². The Balaban J connectivity index is 1.93. The van der Waals surface area contributed by atoms with Gasteiger partial charge in [-0.1, -0.05) is 0 Å². The fraction of sp³-hybridized carbons (Fsp3) is 0.364. The molecule has 3 heterocycles. The SMILES string of the molecule is O=C(c1ccn2c(=O)[nH]nc2c1)N1CCOCC1. The number of nitrogens with one attached hydrogen (secondary N) is 1. The van der Waals surface area contributed by atoms with Crippen LogP contribution in [0.5, 0.6) is 0 Å². The molecule has 1 amide bonds. The Morgan fingerprint density at radius 3 is 2.94 bits per heavy atom. The fourth-order valence-electron chi connectivity index (χ4n) is 1.99. The van der Waals surface area contributed by atoms with Gasteiger partial charge in [-0.3, -0.25) is 9.20 Å². The molecule has 94 valence electrons. The third kappa shape index (κ3) is 1.78. The van der Waals surface area contributed by atoms with E-state index in [1.54, 1.807) is 23.2 Å². The Morgan fingerprint density at radius 2 is 2.17 bits per heavy atom. The van der Waals surface area contributed by atoms with Crippen LogP contribution in [0.15, 0.2) is 23.1 Å². The number of hydrogen-bond donors (Lipinski definition) is 1. The molecule has 0 saturated carbocycles. The van der Waals surface area contributed by atoms with Crippen LogP contribution in [0.4, 0.5) is 0 Å². The summed E-state index contributed by atoms with van der Waals surface area (Å²) in [5.74, 6) is -0.0590. The molecule has 7 nitrogen and oxygen atoms in total. The second-order valence-electron chi connectivity index (χ2n) is 4.08. The number of aromatic nitrogens is 3. The van der Waals surface area contributed by atoms with Crippen LogP contribution in [0.25, 0.3) is 5.65 Å². The van der Waals surface area contributed by atoms with Gasteiger partial charge < -0.3 is 9.64 Å². The van der Waals surface area contributed by atoms with Gasteiger partial charge in [0.25, 0.3) is 5.91 Å². The molecule has 1 aliphatic rings. The molecule has 1 N–H and O–H groups in total. The quantitative estimate of drug-likeness (QED) is 0.737. The zero-order valence-corrected chi connectivity index (χ0v) is 9.63. The lowest BCUT2D eigenvalue weighted by Crippen LogP contribution is -2.40. The van der Waals surface area contributed by atoms with E-state index in [-0.39, 0.29) is 11.6 Å². The number of rotatable bonds is 1. The zero-order valence-electron chi connectivity index (χ0n) is 9.63. The summed E-state index contributed by atoms with van der Waals surface area (Å²) in [5, 5.41) is 6.17. The van der Waals surface area contributed by atoms with Gasteiger partial charge in [0, 0.05) is 24.8 Å². The number of ether oxygens (including phenoxy) is 1. The number of amides is 1. The van der Waals surface area contributed by atoms with Gasteiger partial charge in [-0.2, -0.15) is 5.10 Å². The van der Waals surface area contributed by atoms with E-state index < -0.39 is 0 Å². The lowest BCUT2D eigenvalue weighted by Gasteiger charge is -2.26. The van der Waals surface area contributed by atoms with Gasteiger partial charge in [0.2, 0.25) is 0 Å². The molecule has 0 atom stereocenters. The summed E-state index contributed by atoms with van der Waals surface area (Å²) >= 11 is 0. The average Bonchev–Trinajstić information content (AvgIpc) is 2.80. The van der Waals surface area contributed by atoms with Crippen molar-refractivity contribution in [2.45, 2.75) is 0 Å². The lowest BCUT2D eigenvalue weighted by atomic mass is 10.2. The maximum Gasteiger partial charge on any atom is 0.347 e. The molecule has 1 fully saturated rings. The highest BCUT2D eigenvalue weighted by Gasteiger charge is 2.19. The normalized spacial score (nSPS) is 16.1. The molecule has 2 aromatic heterocycles. The Morgan fingerprint density at radius 1 is 1.39 bits per heavy atom. The van der Waals surface area contributed by atoms with Crippen molar-refractivity contribution >= 4 is 11.6 Å². The minimum atomic E-state index is -0.310. The van der Waals surface area contributed by atoms with Gasteiger partial charge in [0.05, 0.1) is 13.2 Å². The van der Waals surface area contributed by atoms with Crippen LogP contribution >= 0.6 is 0 Å². The molecule has 1 aliphatic heterocycles. The molecule has 0 bridgehead atoms. The number of fused-ring (bicyclic) bond motifs is 1. The van der Waals surface area contributed by atoms with Crippen molar-refractivity contribution < 1.29 is 9.53 Å². The first-order chi connectivity index (χ1) is 8.75.